The number of nitrogens with zero attached hydrogens (tertiary/aromatic N) is 3. The number of aromatic nitrogens is 2. The van der Waals surface area contributed by atoms with Gasteiger partial charge in [-0.05, 0) is 58.1 Å². The molecule has 1 atom stereocenters. The molecule has 1 fully saturated rings. The molecule has 1 N–H and O–H groups in total. The smallest absolute Gasteiger partial charge is 0.337 e. The molecule has 0 aliphatic carbocycles. The summed E-state index contributed by atoms with van der Waals surface area (Å²) in [6, 6.07) is 4.70. The van der Waals surface area contributed by atoms with Crippen LogP contribution in [0.25, 0.3) is 11.3 Å². The largest absolute Gasteiger partial charge is 0.492 e. The van der Waals surface area contributed by atoms with Gasteiger partial charge in [-0.1, -0.05) is 13.8 Å². The summed E-state index contributed by atoms with van der Waals surface area (Å²) in [5.74, 6) is -3.62. The Labute approximate surface area is 244 Å². The lowest BCUT2D eigenvalue weighted by molar-refractivity contribution is -0.160. The van der Waals surface area contributed by atoms with E-state index in [1.807, 2.05) is 20.8 Å². The fourth-order valence-electron chi connectivity index (χ4n) is 5.08. The van der Waals surface area contributed by atoms with Crippen LogP contribution in [0.5, 0.6) is 5.75 Å². The van der Waals surface area contributed by atoms with Crippen molar-refractivity contribution in [2.45, 2.75) is 72.5 Å². The lowest BCUT2D eigenvalue weighted by Gasteiger charge is -2.40. The Morgan fingerprint density at radius 2 is 1.71 bits per heavy atom. The fraction of sp³-hybridized carbons (Fsp3) is 0.469. The second-order valence-corrected chi connectivity index (χ2v) is 12.4. The number of benzene rings is 1. The van der Waals surface area contributed by atoms with Crippen LogP contribution in [-0.2, 0) is 16.0 Å². The number of halogens is 3. The molecule has 3 aromatic rings. The highest BCUT2D eigenvalue weighted by atomic mass is 19.1. The third-order valence-electron chi connectivity index (χ3n) is 7.42. The number of ether oxygens (including phenoxy) is 2. The molecule has 0 unspecified atom stereocenters. The van der Waals surface area contributed by atoms with Crippen LogP contribution in [0.15, 0.2) is 36.7 Å². The van der Waals surface area contributed by atoms with Crippen LogP contribution in [0.2, 0.25) is 0 Å². The first-order chi connectivity index (χ1) is 19.6. The van der Waals surface area contributed by atoms with Crippen molar-refractivity contribution >= 4 is 11.7 Å². The van der Waals surface area contributed by atoms with Gasteiger partial charge in [-0.3, -0.25) is 9.97 Å². The third-order valence-corrected chi connectivity index (χ3v) is 7.42. The molecular formula is C32H38F3N3O4. The Morgan fingerprint density at radius 1 is 1.07 bits per heavy atom. The molecule has 1 aromatic carbocycles. The van der Waals surface area contributed by atoms with E-state index in [9.17, 15) is 23.1 Å². The molecule has 226 valence electrons. The average molecular weight is 586 g/mol. The van der Waals surface area contributed by atoms with Crippen LogP contribution in [0.3, 0.4) is 0 Å². The number of anilines is 1. The Hall–Kier alpha value is -3.66. The minimum atomic E-state index is -1.24. The molecule has 1 aliphatic heterocycles. The number of rotatable bonds is 9. The number of hydrogen-bond acceptors (Lipinski definition) is 6. The zero-order valence-electron chi connectivity index (χ0n) is 24.9. The van der Waals surface area contributed by atoms with Gasteiger partial charge in [0.25, 0.3) is 0 Å². The SMILES string of the molecule is Cc1ncc(-c2ccc(OCCc3c(F)cc(F)cc3F)cn2)c(N2CCC(C)(C)CC2)c1[C@H](OC(C)(C)C)C(=O)O. The highest BCUT2D eigenvalue weighted by molar-refractivity contribution is 5.85. The number of aryl methyl sites for hydroxylation is 1. The Balaban J connectivity index is 1.66. The van der Waals surface area contributed by atoms with E-state index in [4.69, 9.17) is 9.47 Å². The maximum absolute atomic E-state index is 14.0. The van der Waals surface area contributed by atoms with Gasteiger partial charge in [-0.15, -0.1) is 0 Å². The summed E-state index contributed by atoms with van der Waals surface area (Å²) >= 11 is 0. The first-order valence-electron chi connectivity index (χ1n) is 14.0. The molecule has 2 aromatic heterocycles. The Kier molecular flexibility index (Phi) is 9.15. The van der Waals surface area contributed by atoms with E-state index in [-0.39, 0.29) is 24.0 Å². The van der Waals surface area contributed by atoms with Crippen LogP contribution in [-0.4, -0.2) is 46.3 Å². The van der Waals surface area contributed by atoms with Gasteiger partial charge in [0.05, 0.1) is 29.8 Å². The predicted octanol–water partition coefficient (Wildman–Crippen LogP) is 7.06. The molecule has 0 amide bonds. The first-order valence-corrected chi connectivity index (χ1v) is 14.0. The average Bonchev–Trinajstić information content (AvgIpc) is 2.89. The van der Waals surface area contributed by atoms with Gasteiger partial charge >= 0.3 is 5.97 Å². The van der Waals surface area contributed by atoms with E-state index < -0.39 is 35.1 Å². The maximum Gasteiger partial charge on any atom is 0.337 e. The molecule has 0 spiro atoms. The van der Waals surface area contributed by atoms with Crippen molar-refractivity contribution in [3.63, 3.8) is 0 Å². The van der Waals surface area contributed by atoms with Crippen LogP contribution >= 0.6 is 0 Å². The second kappa shape index (κ2) is 12.3. The van der Waals surface area contributed by atoms with Crippen molar-refractivity contribution in [1.29, 1.82) is 0 Å². The zero-order chi connectivity index (χ0) is 30.8. The van der Waals surface area contributed by atoms with Gasteiger partial charge in [0.15, 0.2) is 6.10 Å². The van der Waals surface area contributed by atoms with Crippen molar-refractivity contribution in [1.82, 2.24) is 9.97 Å². The topological polar surface area (TPSA) is 84.8 Å². The zero-order valence-corrected chi connectivity index (χ0v) is 24.9. The molecule has 7 nitrogen and oxygen atoms in total. The molecule has 10 heteroatoms. The van der Waals surface area contributed by atoms with Gasteiger partial charge in [0.2, 0.25) is 0 Å². The number of carboxylic acids is 1. The van der Waals surface area contributed by atoms with Crippen molar-refractivity contribution in [2.24, 2.45) is 5.41 Å². The van der Waals surface area contributed by atoms with Crippen LogP contribution in [0, 0.1) is 29.8 Å². The van der Waals surface area contributed by atoms with E-state index in [1.165, 1.54) is 6.20 Å². The molecule has 0 bridgehead atoms. The normalized spacial score (nSPS) is 15.9. The molecule has 0 radical (unpaired) electrons. The summed E-state index contributed by atoms with van der Waals surface area (Å²) in [5.41, 5.74) is 2.23. The quantitative estimate of drug-likeness (QED) is 0.288. The Bertz CT molecular complexity index is 1410. The van der Waals surface area contributed by atoms with Gasteiger partial charge in [-0.2, -0.15) is 0 Å². The number of aliphatic carboxylic acids is 1. The maximum atomic E-state index is 14.0. The van der Waals surface area contributed by atoms with Crippen molar-refractivity contribution < 1.29 is 32.5 Å². The summed E-state index contributed by atoms with van der Waals surface area (Å²) in [6.45, 7) is 13.1. The number of carbonyl (C=O) groups is 1. The summed E-state index contributed by atoms with van der Waals surface area (Å²) in [6.07, 6.45) is 3.73. The fourth-order valence-corrected chi connectivity index (χ4v) is 5.08. The van der Waals surface area contributed by atoms with Crippen LogP contribution in [0.4, 0.5) is 18.9 Å². The van der Waals surface area contributed by atoms with Crippen LogP contribution < -0.4 is 9.64 Å². The number of hydrogen-bond donors (Lipinski definition) is 1. The summed E-state index contributed by atoms with van der Waals surface area (Å²) in [5, 5.41) is 10.3. The summed E-state index contributed by atoms with van der Waals surface area (Å²) < 4.78 is 52.9. The van der Waals surface area contributed by atoms with E-state index in [0.717, 1.165) is 31.6 Å². The van der Waals surface area contributed by atoms with Crippen molar-refractivity contribution in [3.05, 3.63) is 70.9 Å². The highest BCUT2D eigenvalue weighted by Gasteiger charge is 2.36. The number of carboxylic acid groups (broad SMARTS) is 1. The standard InChI is InChI=1S/C32H38F3N3O4/c1-19-27(29(30(39)40)42-31(2,3)4)28(38-12-10-32(5,6)11-13-38)23(18-36-19)26-8-7-21(17-37-26)41-14-9-22-24(34)15-20(33)16-25(22)35/h7-8,15-18,29H,9-14H2,1-6H3,(H,39,40)/t29-/m0/s1. The summed E-state index contributed by atoms with van der Waals surface area (Å²) in [4.78, 5) is 23.9. The van der Waals surface area contributed by atoms with Gasteiger partial charge in [-0.25, -0.2) is 18.0 Å². The van der Waals surface area contributed by atoms with Gasteiger partial charge in [0, 0.05) is 60.2 Å². The molecule has 4 rings (SSSR count). The van der Waals surface area contributed by atoms with E-state index in [2.05, 4.69) is 28.7 Å². The number of piperidine rings is 1. The highest BCUT2D eigenvalue weighted by Crippen LogP contribution is 2.43. The molecule has 3 heterocycles. The van der Waals surface area contributed by atoms with E-state index in [0.29, 0.717) is 40.4 Å². The molecule has 0 saturated carbocycles. The number of pyridine rings is 2. The van der Waals surface area contributed by atoms with E-state index in [1.54, 1.807) is 25.3 Å². The predicted molar refractivity (Wildman–Crippen MR) is 154 cm³/mol. The second-order valence-electron chi connectivity index (χ2n) is 12.4. The lowest BCUT2D eigenvalue weighted by atomic mass is 9.82. The monoisotopic (exact) mass is 585 g/mol. The lowest BCUT2D eigenvalue weighted by Crippen LogP contribution is -2.39. The molecule has 42 heavy (non-hydrogen) atoms. The summed E-state index contributed by atoms with van der Waals surface area (Å²) in [7, 11) is 0. The first kappa shape index (κ1) is 31.3. The molecule has 1 saturated heterocycles. The van der Waals surface area contributed by atoms with Crippen molar-refractivity contribution in [3.8, 4) is 17.0 Å². The molecule has 1 aliphatic rings. The van der Waals surface area contributed by atoms with Crippen molar-refractivity contribution in [2.75, 3.05) is 24.6 Å². The van der Waals surface area contributed by atoms with Crippen LogP contribution in [0.1, 0.15) is 70.4 Å². The Morgan fingerprint density at radius 3 is 2.26 bits per heavy atom. The minimum absolute atomic E-state index is 0.0457. The minimum Gasteiger partial charge on any atom is -0.492 e. The van der Waals surface area contributed by atoms with Gasteiger partial charge in [0.1, 0.15) is 23.2 Å². The van der Waals surface area contributed by atoms with E-state index >= 15 is 0 Å². The van der Waals surface area contributed by atoms with Gasteiger partial charge < -0.3 is 19.5 Å². The molecular weight excluding hydrogens is 547 g/mol. The third kappa shape index (κ3) is 7.40.